The number of ether oxygens (including phenoxy) is 1. The van der Waals surface area contributed by atoms with Gasteiger partial charge in [0.15, 0.2) is 11.5 Å². The van der Waals surface area contributed by atoms with Crippen molar-refractivity contribution >= 4 is 11.8 Å². The molecule has 0 saturated heterocycles. The molecule has 7 atom stereocenters. The fourth-order valence-electron chi connectivity index (χ4n) is 6.47. The minimum Gasteiger partial charge on any atom is -0.459 e. The first-order chi connectivity index (χ1) is 12.1. The van der Waals surface area contributed by atoms with E-state index in [1.54, 1.807) is 12.2 Å². The Hall–Kier alpha value is -1.49. The number of ketones is 1. The average molecular weight is 362 g/mol. The summed E-state index contributed by atoms with van der Waals surface area (Å²) in [5, 5.41) is 10.6. The van der Waals surface area contributed by atoms with E-state index in [4.69, 9.17) is 4.74 Å². The summed E-state index contributed by atoms with van der Waals surface area (Å²) in [6.07, 6.45) is 6.30. The van der Waals surface area contributed by atoms with Crippen LogP contribution in [0.3, 0.4) is 0 Å². The topological polar surface area (TPSA) is 63.6 Å². The van der Waals surface area contributed by atoms with Crippen LogP contribution < -0.4 is 0 Å². The molecule has 0 amide bonds. The SMILES string of the molecule is CC(=O)O[C@H]1C[C@]2(C)[C@@H](O)CC[C@H]2[C@@H]2CCC3=CC(=O)C=C[C@]3(C)C12F. The van der Waals surface area contributed by atoms with Crippen molar-refractivity contribution in [2.24, 2.45) is 22.7 Å². The molecule has 0 aliphatic heterocycles. The van der Waals surface area contributed by atoms with E-state index < -0.39 is 34.7 Å². The molecule has 0 radical (unpaired) electrons. The number of fused-ring (bicyclic) bond motifs is 5. The number of aliphatic hydroxyl groups excluding tert-OH is 1. The monoisotopic (exact) mass is 362 g/mol. The van der Waals surface area contributed by atoms with Gasteiger partial charge in [-0.3, -0.25) is 9.59 Å². The van der Waals surface area contributed by atoms with Crippen molar-refractivity contribution < 1.29 is 23.8 Å². The number of esters is 1. The quantitative estimate of drug-likeness (QED) is 0.727. The van der Waals surface area contributed by atoms with E-state index in [9.17, 15) is 14.7 Å². The predicted octanol–water partition coefficient (Wildman–Crippen LogP) is 3.29. The smallest absolute Gasteiger partial charge is 0.303 e. The van der Waals surface area contributed by atoms with Crippen molar-refractivity contribution in [3.8, 4) is 0 Å². The third kappa shape index (κ3) is 2.09. The van der Waals surface area contributed by atoms with Crippen LogP contribution in [0, 0.1) is 22.7 Å². The summed E-state index contributed by atoms with van der Waals surface area (Å²) in [4.78, 5) is 23.6. The van der Waals surface area contributed by atoms with Crippen LogP contribution in [0.1, 0.15) is 52.9 Å². The van der Waals surface area contributed by atoms with Gasteiger partial charge in [0, 0.05) is 23.7 Å². The van der Waals surface area contributed by atoms with Crippen LogP contribution in [0.4, 0.5) is 4.39 Å². The van der Waals surface area contributed by atoms with Crippen LogP contribution in [-0.2, 0) is 14.3 Å². The highest BCUT2D eigenvalue weighted by atomic mass is 19.1. The highest BCUT2D eigenvalue weighted by molar-refractivity contribution is 6.01. The zero-order valence-corrected chi connectivity index (χ0v) is 15.6. The molecule has 1 N–H and O–H groups in total. The van der Waals surface area contributed by atoms with Gasteiger partial charge in [-0.05, 0) is 57.1 Å². The summed E-state index contributed by atoms with van der Waals surface area (Å²) in [5.41, 5.74) is -2.37. The van der Waals surface area contributed by atoms with Crippen molar-refractivity contribution in [3.63, 3.8) is 0 Å². The highest BCUT2D eigenvalue weighted by Crippen LogP contribution is 2.68. The summed E-state index contributed by atoms with van der Waals surface area (Å²) < 4.78 is 22.6. The summed E-state index contributed by atoms with van der Waals surface area (Å²) in [6.45, 7) is 5.15. The third-order valence-corrected chi connectivity index (χ3v) is 7.87. The van der Waals surface area contributed by atoms with Gasteiger partial charge >= 0.3 is 5.97 Å². The molecule has 0 heterocycles. The van der Waals surface area contributed by atoms with E-state index in [2.05, 4.69) is 0 Å². The molecule has 4 aliphatic carbocycles. The number of hydrogen-bond acceptors (Lipinski definition) is 4. The van der Waals surface area contributed by atoms with Crippen molar-refractivity contribution in [1.29, 1.82) is 0 Å². The molecule has 0 spiro atoms. The van der Waals surface area contributed by atoms with Crippen molar-refractivity contribution in [3.05, 3.63) is 23.8 Å². The van der Waals surface area contributed by atoms with Crippen LogP contribution in [0.15, 0.2) is 23.8 Å². The van der Waals surface area contributed by atoms with Gasteiger partial charge in [0.05, 0.1) is 6.10 Å². The molecule has 26 heavy (non-hydrogen) atoms. The van der Waals surface area contributed by atoms with Gasteiger partial charge in [-0.1, -0.05) is 18.6 Å². The van der Waals surface area contributed by atoms with Gasteiger partial charge in [-0.15, -0.1) is 0 Å². The Labute approximate surface area is 153 Å². The van der Waals surface area contributed by atoms with Crippen LogP contribution >= 0.6 is 0 Å². The van der Waals surface area contributed by atoms with Crippen LogP contribution in [0.5, 0.6) is 0 Å². The van der Waals surface area contributed by atoms with E-state index in [0.717, 1.165) is 12.0 Å². The van der Waals surface area contributed by atoms with Gasteiger partial charge in [-0.25, -0.2) is 4.39 Å². The zero-order chi connectivity index (χ0) is 18.9. The normalized spacial score (nSPS) is 49.7. The Kier molecular flexibility index (Phi) is 3.79. The van der Waals surface area contributed by atoms with E-state index in [0.29, 0.717) is 25.7 Å². The molecule has 0 bridgehead atoms. The fourth-order valence-corrected chi connectivity index (χ4v) is 6.47. The molecule has 0 aromatic carbocycles. The molecule has 5 heteroatoms. The first-order valence-electron chi connectivity index (χ1n) is 9.61. The highest BCUT2D eigenvalue weighted by Gasteiger charge is 2.71. The Bertz CT molecular complexity index is 728. The average Bonchev–Trinajstić information content (AvgIpc) is 2.84. The largest absolute Gasteiger partial charge is 0.459 e. The number of alkyl halides is 1. The van der Waals surface area contributed by atoms with Gasteiger partial charge in [0.25, 0.3) is 0 Å². The maximum absolute atomic E-state index is 17.1. The second-order valence-electron chi connectivity index (χ2n) is 9.03. The summed E-state index contributed by atoms with van der Waals surface area (Å²) in [7, 11) is 0. The molecular formula is C21H27FO4. The van der Waals surface area contributed by atoms with E-state index >= 15 is 4.39 Å². The first kappa shape index (κ1) is 17.9. The zero-order valence-electron chi connectivity index (χ0n) is 15.6. The number of aliphatic hydroxyl groups is 1. The van der Waals surface area contributed by atoms with Crippen LogP contribution in [0.25, 0.3) is 0 Å². The number of carbonyl (C=O) groups excluding carboxylic acids is 2. The summed E-state index contributed by atoms with van der Waals surface area (Å²) in [5.74, 6) is -0.863. The van der Waals surface area contributed by atoms with Gasteiger partial charge < -0.3 is 9.84 Å². The Morgan fingerprint density at radius 1 is 1.27 bits per heavy atom. The first-order valence-corrected chi connectivity index (χ1v) is 9.61. The van der Waals surface area contributed by atoms with Crippen molar-refractivity contribution in [2.75, 3.05) is 0 Å². The molecule has 0 aromatic heterocycles. The molecule has 0 aromatic rings. The maximum atomic E-state index is 17.1. The number of hydrogen-bond donors (Lipinski definition) is 1. The molecule has 3 saturated carbocycles. The predicted molar refractivity (Wildman–Crippen MR) is 93.9 cm³/mol. The molecular weight excluding hydrogens is 335 g/mol. The molecule has 142 valence electrons. The Morgan fingerprint density at radius 3 is 2.69 bits per heavy atom. The minimum atomic E-state index is -1.77. The van der Waals surface area contributed by atoms with Crippen LogP contribution in [-0.4, -0.2) is 34.7 Å². The Morgan fingerprint density at radius 2 is 2.00 bits per heavy atom. The maximum Gasteiger partial charge on any atom is 0.303 e. The third-order valence-electron chi connectivity index (χ3n) is 7.87. The second kappa shape index (κ2) is 5.51. The lowest BCUT2D eigenvalue weighted by molar-refractivity contribution is -0.216. The molecule has 3 fully saturated rings. The van der Waals surface area contributed by atoms with Crippen molar-refractivity contribution in [2.45, 2.75) is 70.8 Å². The molecule has 4 nitrogen and oxygen atoms in total. The molecule has 4 aliphatic rings. The molecule has 1 unspecified atom stereocenters. The number of rotatable bonds is 1. The number of halogens is 1. The van der Waals surface area contributed by atoms with E-state index in [-0.39, 0.29) is 17.6 Å². The van der Waals surface area contributed by atoms with Crippen molar-refractivity contribution in [1.82, 2.24) is 0 Å². The van der Waals surface area contributed by atoms with Crippen LogP contribution in [0.2, 0.25) is 0 Å². The van der Waals surface area contributed by atoms with E-state index in [1.165, 1.54) is 13.0 Å². The summed E-state index contributed by atoms with van der Waals surface area (Å²) >= 11 is 0. The molecule has 4 rings (SSSR count). The van der Waals surface area contributed by atoms with Gasteiger partial charge in [0.2, 0.25) is 0 Å². The lowest BCUT2D eigenvalue weighted by Gasteiger charge is -2.62. The lowest BCUT2D eigenvalue weighted by Crippen LogP contribution is -2.67. The number of allylic oxidation sites excluding steroid dienone is 4. The lowest BCUT2D eigenvalue weighted by atomic mass is 9.45. The van der Waals surface area contributed by atoms with Gasteiger partial charge in [0.1, 0.15) is 6.10 Å². The van der Waals surface area contributed by atoms with Gasteiger partial charge in [-0.2, -0.15) is 0 Å². The fraction of sp³-hybridized carbons (Fsp3) is 0.714. The van der Waals surface area contributed by atoms with E-state index in [1.807, 2.05) is 13.8 Å². The second-order valence-corrected chi connectivity index (χ2v) is 9.03. The standard InChI is InChI=1S/C21H27FO4/c1-12(23)26-18-11-19(2)15(6-7-17(19)25)16-5-4-13-10-14(24)8-9-20(13,3)21(16,18)22/h8-10,15-18,25H,4-7,11H2,1-3H3/t15-,16-,17-,18-,19-,20-,21?/m0/s1. The number of carbonyl (C=O) groups is 2. The minimum absolute atomic E-state index is 0.0544. The Balaban J connectivity index is 1.86. The summed E-state index contributed by atoms with van der Waals surface area (Å²) in [6, 6.07) is 0.